The van der Waals surface area contributed by atoms with Crippen LogP contribution < -0.4 is 15.6 Å². The van der Waals surface area contributed by atoms with Crippen LogP contribution in [0.1, 0.15) is 23.1 Å². The van der Waals surface area contributed by atoms with Gasteiger partial charge in [-0.15, -0.1) is 11.8 Å². The molecule has 0 radical (unpaired) electrons. The van der Waals surface area contributed by atoms with Crippen molar-refractivity contribution in [3.63, 3.8) is 0 Å². The normalized spacial score (nSPS) is 19.2. The van der Waals surface area contributed by atoms with E-state index in [0.717, 1.165) is 16.4 Å². The van der Waals surface area contributed by atoms with Gasteiger partial charge < -0.3 is 26.1 Å². The molecule has 0 aromatic carbocycles. The van der Waals surface area contributed by atoms with Gasteiger partial charge in [0.05, 0.1) is 5.56 Å². The predicted octanol–water partition coefficient (Wildman–Crippen LogP) is -0.158. The molecule has 0 bridgehead atoms. The number of oxime groups is 1. The second-order valence-corrected chi connectivity index (χ2v) is 9.73. The lowest BCUT2D eigenvalue weighted by atomic mass is 10.0. The SMILES string of the molecule is CCO/N=C(\C(=O)NC1C(=O)N2C(C(=O)O)=C(C=CC[n+]3ccc(C(=O)O)cc3)CS[C@@H]12)c1nsc(N)n1. The van der Waals surface area contributed by atoms with Crippen molar-refractivity contribution in [3.05, 3.63) is 59.3 Å². The maximum absolute atomic E-state index is 13.0. The minimum absolute atomic E-state index is 0.0487. The summed E-state index contributed by atoms with van der Waals surface area (Å²) in [5, 5.41) is 24.7. The van der Waals surface area contributed by atoms with Crippen molar-refractivity contribution in [2.24, 2.45) is 5.16 Å². The van der Waals surface area contributed by atoms with Gasteiger partial charge in [0.2, 0.25) is 11.5 Å². The number of nitrogens with one attached hydrogen (secondary N) is 1. The van der Waals surface area contributed by atoms with Crippen molar-refractivity contribution in [2.75, 3.05) is 18.1 Å². The fourth-order valence-corrected chi connectivity index (χ4v) is 5.42. The highest BCUT2D eigenvalue weighted by Crippen LogP contribution is 2.40. The van der Waals surface area contributed by atoms with Crippen molar-refractivity contribution in [2.45, 2.75) is 24.9 Å². The summed E-state index contributed by atoms with van der Waals surface area (Å²) in [6.07, 6.45) is 6.52. The van der Waals surface area contributed by atoms with Crippen LogP contribution in [0.5, 0.6) is 0 Å². The van der Waals surface area contributed by atoms with Gasteiger partial charge >= 0.3 is 11.9 Å². The molecule has 5 N–H and O–H groups in total. The van der Waals surface area contributed by atoms with Crippen LogP contribution in [0, 0.1) is 0 Å². The molecule has 2 aromatic heterocycles. The number of carboxylic acids is 2. The number of anilines is 1. The van der Waals surface area contributed by atoms with Gasteiger partial charge in [-0.1, -0.05) is 11.2 Å². The van der Waals surface area contributed by atoms with Gasteiger partial charge in [0.1, 0.15) is 23.7 Å². The molecule has 2 aliphatic heterocycles. The molecule has 4 rings (SSSR count). The number of aromatic carboxylic acids is 1. The molecule has 2 amide bonds. The average molecular weight is 561 g/mol. The molecule has 198 valence electrons. The van der Waals surface area contributed by atoms with E-state index in [4.69, 9.17) is 15.7 Å². The molecule has 4 heterocycles. The smallest absolute Gasteiger partial charge is 0.352 e. The van der Waals surface area contributed by atoms with Crippen LogP contribution in [0.2, 0.25) is 0 Å². The number of aliphatic carboxylic acids is 1. The number of carbonyl (C=O) groups excluding carboxylic acids is 2. The number of aromatic nitrogens is 3. The Morgan fingerprint density at radius 2 is 2.05 bits per heavy atom. The van der Waals surface area contributed by atoms with Gasteiger partial charge in [0.15, 0.2) is 24.1 Å². The largest absolute Gasteiger partial charge is 0.478 e. The van der Waals surface area contributed by atoms with Crippen LogP contribution in [0.25, 0.3) is 0 Å². The Labute approximate surface area is 223 Å². The minimum atomic E-state index is -1.27. The molecule has 14 nitrogen and oxygen atoms in total. The van der Waals surface area contributed by atoms with E-state index in [1.807, 2.05) is 0 Å². The summed E-state index contributed by atoms with van der Waals surface area (Å²) < 4.78 is 5.68. The number of nitrogens with zero attached hydrogens (tertiary/aromatic N) is 5. The predicted molar refractivity (Wildman–Crippen MR) is 135 cm³/mol. The first-order chi connectivity index (χ1) is 18.2. The van der Waals surface area contributed by atoms with E-state index in [2.05, 4.69) is 19.8 Å². The summed E-state index contributed by atoms with van der Waals surface area (Å²) in [4.78, 5) is 59.0. The number of carbonyl (C=O) groups is 4. The van der Waals surface area contributed by atoms with Crippen LogP contribution in [-0.4, -0.2) is 77.7 Å². The second-order valence-electron chi connectivity index (χ2n) is 7.84. The van der Waals surface area contributed by atoms with E-state index >= 15 is 0 Å². The topological polar surface area (TPSA) is 201 Å². The van der Waals surface area contributed by atoms with Gasteiger partial charge in [-0.2, -0.15) is 9.36 Å². The summed E-state index contributed by atoms with van der Waals surface area (Å²) in [6.45, 7) is 2.21. The van der Waals surface area contributed by atoms with Gasteiger partial charge in [0, 0.05) is 29.4 Å². The molecule has 1 saturated heterocycles. The third kappa shape index (κ3) is 5.50. The van der Waals surface area contributed by atoms with E-state index in [9.17, 15) is 24.3 Å². The number of pyridine rings is 1. The summed E-state index contributed by atoms with van der Waals surface area (Å²) in [7, 11) is 0. The van der Waals surface area contributed by atoms with E-state index in [1.165, 1.54) is 23.9 Å². The Hall–Kier alpha value is -4.31. The van der Waals surface area contributed by atoms with E-state index < -0.39 is 35.2 Å². The first-order valence-electron chi connectivity index (χ1n) is 11.1. The molecule has 0 spiro atoms. The molecule has 0 saturated carbocycles. The Kier molecular flexibility index (Phi) is 8.02. The van der Waals surface area contributed by atoms with Gasteiger partial charge in [0.25, 0.3) is 11.8 Å². The number of hydrogen-bond acceptors (Lipinski definition) is 11. The number of β-lactam (4-membered cyclic amide) rings is 1. The van der Waals surface area contributed by atoms with E-state index in [1.54, 1.807) is 36.0 Å². The van der Waals surface area contributed by atoms with Crippen molar-refractivity contribution in [1.82, 2.24) is 19.6 Å². The molecule has 16 heteroatoms. The number of hydrogen-bond donors (Lipinski definition) is 4. The number of carboxylic acid groups (broad SMARTS) is 2. The number of allylic oxidation sites excluding steroid dienone is 2. The number of nitrogens with two attached hydrogens (primary N) is 1. The third-order valence-corrected chi connectivity index (χ3v) is 7.26. The fraction of sp³-hybridized carbons (Fsp3) is 0.273. The molecule has 2 atom stereocenters. The Bertz CT molecular complexity index is 1370. The number of rotatable bonds is 10. The number of nitrogen functional groups attached to an aromatic ring is 1. The highest BCUT2D eigenvalue weighted by Gasteiger charge is 2.54. The molecule has 1 fully saturated rings. The van der Waals surface area contributed by atoms with Crippen LogP contribution in [0.4, 0.5) is 5.13 Å². The van der Waals surface area contributed by atoms with Crippen molar-refractivity contribution in [3.8, 4) is 0 Å². The Morgan fingerprint density at radius 3 is 2.66 bits per heavy atom. The zero-order valence-corrected chi connectivity index (χ0v) is 21.4. The molecule has 2 aliphatic rings. The number of thioether (sulfide) groups is 1. The van der Waals surface area contributed by atoms with Gasteiger partial charge in [-0.05, 0) is 18.6 Å². The molecule has 0 aliphatic carbocycles. The number of fused-ring (bicyclic) bond motifs is 1. The second kappa shape index (κ2) is 11.4. The van der Waals surface area contributed by atoms with Crippen molar-refractivity contribution >= 4 is 57.9 Å². The molecule has 2 aromatic rings. The van der Waals surface area contributed by atoms with Crippen LogP contribution in [0.15, 0.2) is 53.1 Å². The first-order valence-corrected chi connectivity index (χ1v) is 12.9. The Morgan fingerprint density at radius 1 is 1.32 bits per heavy atom. The maximum Gasteiger partial charge on any atom is 0.352 e. The minimum Gasteiger partial charge on any atom is -0.478 e. The van der Waals surface area contributed by atoms with Crippen LogP contribution in [0.3, 0.4) is 0 Å². The van der Waals surface area contributed by atoms with Crippen LogP contribution in [-0.2, 0) is 25.8 Å². The van der Waals surface area contributed by atoms with Gasteiger partial charge in [-0.25, -0.2) is 14.2 Å². The number of amides is 2. The lowest BCUT2D eigenvalue weighted by molar-refractivity contribution is -0.687. The van der Waals surface area contributed by atoms with E-state index in [-0.39, 0.29) is 40.3 Å². The van der Waals surface area contributed by atoms with Crippen molar-refractivity contribution in [1.29, 1.82) is 0 Å². The molecular weight excluding hydrogens is 538 g/mol. The summed E-state index contributed by atoms with van der Waals surface area (Å²) in [5.74, 6) is -3.41. The van der Waals surface area contributed by atoms with Gasteiger partial charge in [-0.3, -0.25) is 14.5 Å². The standard InChI is InChI=1S/C22H21N7O7S2/c1-2-36-26-13(16-25-22(23)38-27-16)17(30)24-14-18(31)29-15(21(34)35)12(10-37-19(14)29)4-3-7-28-8-5-11(6-9-28)20(32)33/h3-6,8-9,14,19H,2,7,10H2,1H3,(H4-,23,24,25,27,30,32,33,34,35)/p+1/b4-3?,26-13-/t14?,19-/m0/s1. The third-order valence-electron chi connectivity index (χ3n) is 5.41. The lowest BCUT2D eigenvalue weighted by Gasteiger charge is -2.49. The average Bonchev–Trinajstić information content (AvgIpc) is 3.32. The molecule has 38 heavy (non-hydrogen) atoms. The summed E-state index contributed by atoms with van der Waals surface area (Å²) >= 11 is 2.17. The fourth-order valence-electron chi connectivity index (χ4n) is 3.66. The van der Waals surface area contributed by atoms with Crippen LogP contribution >= 0.6 is 23.3 Å². The highest BCUT2D eigenvalue weighted by molar-refractivity contribution is 8.00. The Balaban J connectivity index is 1.47. The monoisotopic (exact) mass is 560 g/mol. The van der Waals surface area contributed by atoms with E-state index in [0.29, 0.717) is 12.1 Å². The molecule has 1 unspecified atom stereocenters. The zero-order chi connectivity index (χ0) is 27.4. The summed E-state index contributed by atoms with van der Waals surface area (Å²) in [5.41, 5.74) is 5.77. The highest BCUT2D eigenvalue weighted by atomic mass is 32.2. The van der Waals surface area contributed by atoms with Crippen molar-refractivity contribution < 1.29 is 38.8 Å². The summed E-state index contributed by atoms with van der Waals surface area (Å²) in [6, 6.07) is 1.92. The lowest BCUT2D eigenvalue weighted by Crippen LogP contribution is -2.71. The first kappa shape index (κ1) is 26.7. The molecular formula is C22H22N7O7S2+. The quantitative estimate of drug-likeness (QED) is 0.130. The zero-order valence-electron chi connectivity index (χ0n) is 19.8. The maximum atomic E-state index is 13.0.